The molecule has 0 saturated heterocycles. The van der Waals surface area contributed by atoms with Gasteiger partial charge in [-0.2, -0.15) is 0 Å². The molecule has 4 aromatic carbocycles. The van der Waals surface area contributed by atoms with Crippen LogP contribution in [0.4, 0.5) is 0 Å². The Kier molecular flexibility index (Phi) is 10.4. The molecule has 0 N–H and O–H groups in total. The zero-order chi connectivity index (χ0) is 35.1. The van der Waals surface area contributed by atoms with E-state index in [2.05, 4.69) is 167 Å². The van der Waals surface area contributed by atoms with Gasteiger partial charge in [-0.1, -0.05) is 0 Å². The van der Waals surface area contributed by atoms with Crippen molar-refractivity contribution in [2.24, 2.45) is 0 Å². The summed E-state index contributed by atoms with van der Waals surface area (Å²) in [5, 5.41) is 0. The van der Waals surface area contributed by atoms with Crippen LogP contribution in [0, 0.1) is 41.5 Å². The van der Waals surface area contributed by atoms with Gasteiger partial charge in [-0.3, -0.25) is 0 Å². The molecule has 2 aliphatic carbocycles. The van der Waals surface area contributed by atoms with E-state index in [-0.39, 0.29) is 28.4 Å². The van der Waals surface area contributed by atoms with E-state index in [0.717, 1.165) is 11.5 Å². The van der Waals surface area contributed by atoms with Crippen LogP contribution in [0.2, 0.25) is 9.26 Å². The number of rotatable bonds is 6. The van der Waals surface area contributed by atoms with Crippen molar-refractivity contribution in [3.05, 3.63) is 163 Å². The van der Waals surface area contributed by atoms with Crippen LogP contribution in [0.5, 0.6) is 0 Å². The minimum atomic E-state index is -4.11. The Morgan fingerprint density at radius 3 is 1.52 bits per heavy atom. The van der Waals surface area contributed by atoms with Crippen LogP contribution in [0.15, 0.2) is 101 Å². The average molecular weight is 839 g/mol. The Bertz CT molecular complexity index is 2310. The quantitative estimate of drug-likeness (QED) is 0.152. The van der Waals surface area contributed by atoms with Gasteiger partial charge in [0.15, 0.2) is 0 Å². The molecular formula is C46H48Cl2OSSiZr. The van der Waals surface area contributed by atoms with Crippen molar-refractivity contribution in [2.45, 2.75) is 58.1 Å². The van der Waals surface area contributed by atoms with Crippen molar-refractivity contribution < 1.29 is 21.8 Å². The molecule has 0 spiro atoms. The van der Waals surface area contributed by atoms with Crippen LogP contribution in [0.3, 0.4) is 0 Å². The fraction of sp³-hybridized carbons (Fsp3) is 0.217. The maximum absolute atomic E-state index is 6.59. The third kappa shape index (κ3) is 6.17. The zero-order valence-corrected chi connectivity index (χ0v) is 37.7. The van der Waals surface area contributed by atoms with Crippen LogP contribution < -0.4 is 0 Å². The van der Waals surface area contributed by atoms with Gasteiger partial charge >= 0.3 is 306 Å². The molecule has 2 unspecified atom stereocenters. The van der Waals surface area contributed by atoms with Crippen LogP contribution in [0.1, 0.15) is 73.0 Å². The summed E-state index contributed by atoms with van der Waals surface area (Å²) in [6, 6.07) is 36.3. The number of hydrogen-bond acceptors (Lipinski definition) is 2. The molecule has 266 valence electrons. The molecule has 2 aliphatic rings. The van der Waals surface area contributed by atoms with E-state index in [1.165, 1.54) is 87.7 Å². The second kappa shape index (κ2) is 14.0. The first-order valence-electron chi connectivity index (χ1n) is 17.9. The third-order valence-corrected chi connectivity index (χ3v) is 30.0. The Morgan fingerprint density at radius 1 is 0.596 bits per heavy atom. The van der Waals surface area contributed by atoms with Gasteiger partial charge in [0.1, 0.15) is 0 Å². The first-order chi connectivity index (χ1) is 23.8. The summed E-state index contributed by atoms with van der Waals surface area (Å²) in [6.45, 7) is 16.0. The minimum Gasteiger partial charge on any atom is -0.147 e. The Hall–Kier alpha value is -2.98. The molecule has 52 heavy (non-hydrogen) atoms. The molecule has 1 nitrogen and oxygen atoms in total. The topological polar surface area (TPSA) is 13.1 Å². The SMILES string of the molecule is Cc1ccc(C2=Cc3c(cc(C)c(C)c3-c3ccccc3)[CH]2[Zr]([CH3])([CH3])(=[SiH2])[CH]2C(c3ccc(C)s3)=Cc3c2cc(C)c(C)c3-c2ccccc2)o1.Cl.Cl. The van der Waals surface area contributed by atoms with Crippen molar-refractivity contribution in [3.8, 4) is 22.3 Å². The minimum absolute atomic E-state index is 0. The molecule has 2 aromatic heterocycles. The standard InChI is InChI=1S/C22H19O.C22H19S.2CH3.2ClH.H2Si.Zr/c2*1-14-11-18-12-19(21-10-9-15(2)23-21)13-20(18)22(16(14)3)17-7-5-4-6-8-17;;;;;;/h2*4-13H,1-3H3;2*1H3;2*1H;1H2;. The zero-order valence-electron chi connectivity index (χ0n) is 31.4. The van der Waals surface area contributed by atoms with Crippen molar-refractivity contribution in [3.63, 3.8) is 0 Å². The Labute approximate surface area is 328 Å². The second-order valence-electron chi connectivity index (χ2n) is 15.9. The number of halogens is 2. The van der Waals surface area contributed by atoms with Crippen molar-refractivity contribution in [2.75, 3.05) is 0 Å². The first-order valence-corrected chi connectivity index (χ1v) is 32.3. The summed E-state index contributed by atoms with van der Waals surface area (Å²) < 4.78 is 12.7. The number of fused-ring (bicyclic) bond motifs is 2. The number of aryl methyl sites for hydroxylation is 4. The first kappa shape index (κ1) is 38.7. The monoisotopic (exact) mass is 836 g/mol. The summed E-state index contributed by atoms with van der Waals surface area (Å²) in [4.78, 5) is 2.78. The number of furan rings is 1. The van der Waals surface area contributed by atoms with Gasteiger partial charge in [0, 0.05) is 0 Å². The van der Waals surface area contributed by atoms with Gasteiger partial charge in [-0.05, 0) is 0 Å². The Morgan fingerprint density at radius 2 is 1.08 bits per heavy atom. The molecule has 0 radical (unpaired) electrons. The number of thiophene rings is 1. The summed E-state index contributed by atoms with van der Waals surface area (Å²) in [6.07, 6.45) is 5.12. The fourth-order valence-corrected chi connectivity index (χ4v) is 28.8. The molecule has 6 heteroatoms. The molecule has 2 atom stereocenters. The predicted molar refractivity (Wildman–Crippen MR) is 231 cm³/mol. The molecule has 0 amide bonds. The van der Waals surface area contributed by atoms with E-state index < -0.39 is 17.4 Å². The summed E-state index contributed by atoms with van der Waals surface area (Å²) in [7, 11) is 0. The fourth-order valence-electron chi connectivity index (χ4n) is 9.30. The van der Waals surface area contributed by atoms with Crippen LogP contribution in [-0.2, 0) is 17.4 Å². The Balaban J connectivity index is 0.00000232. The summed E-state index contributed by atoms with van der Waals surface area (Å²) >= 11 is -2.16. The number of benzene rings is 4. The molecular weight excluding hydrogens is 791 g/mol. The largest absolute Gasteiger partial charge is 0.147 e. The molecule has 0 fully saturated rings. The number of hydrogen-bond donors (Lipinski definition) is 0. The van der Waals surface area contributed by atoms with Gasteiger partial charge in [0.2, 0.25) is 0 Å². The molecule has 0 aliphatic heterocycles. The van der Waals surface area contributed by atoms with Crippen LogP contribution in [-0.4, -0.2) is 6.88 Å². The van der Waals surface area contributed by atoms with Gasteiger partial charge < -0.3 is 0 Å². The smallest absolute Gasteiger partial charge is 0.147 e. The normalized spacial score (nSPS) is 16.4. The maximum atomic E-state index is 6.59. The van der Waals surface area contributed by atoms with E-state index in [1.807, 2.05) is 11.3 Å². The predicted octanol–water partition coefficient (Wildman–Crippen LogP) is 13.6. The van der Waals surface area contributed by atoms with E-state index in [0.29, 0.717) is 3.63 Å². The van der Waals surface area contributed by atoms with Crippen molar-refractivity contribution in [1.29, 1.82) is 0 Å². The van der Waals surface area contributed by atoms with Gasteiger partial charge in [0.05, 0.1) is 0 Å². The molecule has 2 heterocycles. The second-order valence-corrected chi connectivity index (χ2v) is 47.7. The third-order valence-electron chi connectivity index (χ3n) is 11.8. The summed E-state index contributed by atoms with van der Waals surface area (Å²) in [5.74, 6) is 1.99. The molecule has 6 aromatic rings. The number of allylic oxidation sites excluding steroid dienone is 2. The van der Waals surface area contributed by atoms with Gasteiger partial charge in [-0.25, -0.2) is 0 Å². The molecule has 0 saturated carbocycles. The summed E-state index contributed by atoms with van der Waals surface area (Å²) in [5.41, 5.74) is 19.5. The van der Waals surface area contributed by atoms with E-state index in [9.17, 15) is 0 Å². The van der Waals surface area contributed by atoms with Crippen molar-refractivity contribution >= 4 is 66.3 Å². The molecule has 0 bridgehead atoms. The van der Waals surface area contributed by atoms with Crippen molar-refractivity contribution in [1.82, 2.24) is 0 Å². The van der Waals surface area contributed by atoms with Crippen LogP contribution >= 0.6 is 36.2 Å². The maximum Gasteiger partial charge on any atom is -0.147 e. The van der Waals surface area contributed by atoms with E-state index in [4.69, 9.17) is 4.42 Å². The van der Waals surface area contributed by atoms with E-state index in [1.54, 1.807) is 0 Å². The van der Waals surface area contributed by atoms with Gasteiger partial charge in [-0.15, -0.1) is 24.8 Å². The van der Waals surface area contributed by atoms with Gasteiger partial charge in [0.25, 0.3) is 0 Å². The average Bonchev–Trinajstić information content (AvgIpc) is 3.88. The van der Waals surface area contributed by atoms with E-state index >= 15 is 0 Å². The van der Waals surface area contributed by atoms with Crippen LogP contribution in [0.25, 0.3) is 45.6 Å². The molecule has 8 rings (SSSR count).